The summed E-state index contributed by atoms with van der Waals surface area (Å²) in [5, 5.41) is 7.12. The van der Waals surface area contributed by atoms with E-state index in [1.807, 2.05) is 25.2 Å². The highest BCUT2D eigenvalue weighted by molar-refractivity contribution is 5.85. The molecule has 0 aliphatic rings. The van der Waals surface area contributed by atoms with Crippen LogP contribution in [0, 0.1) is 0 Å². The number of hydrogen-bond donors (Lipinski definition) is 1. The number of hydrogen-bond acceptors (Lipinski definition) is 4. The van der Waals surface area contributed by atoms with E-state index in [9.17, 15) is 0 Å². The maximum atomic E-state index is 5.23. The second kappa shape index (κ2) is 7.13. The topological polar surface area (TPSA) is 51.0 Å². The normalized spacial score (nSPS) is 11.9. The van der Waals surface area contributed by atoms with Gasteiger partial charge in [0.15, 0.2) is 5.82 Å². The van der Waals surface area contributed by atoms with Gasteiger partial charge in [0.2, 0.25) is 5.89 Å². The largest absolute Gasteiger partial charge is 0.339 e. The van der Waals surface area contributed by atoms with Gasteiger partial charge in [-0.1, -0.05) is 35.5 Å². The van der Waals surface area contributed by atoms with Crippen LogP contribution in [0.25, 0.3) is 0 Å². The molecule has 1 heterocycles. The fraction of sp³-hybridized carbons (Fsp3) is 0.385. The molecule has 4 nitrogen and oxygen atoms in total. The zero-order valence-corrected chi connectivity index (χ0v) is 11.4. The molecule has 0 bridgehead atoms. The predicted molar refractivity (Wildman–Crippen MR) is 73.0 cm³/mol. The Morgan fingerprint density at radius 3 is 2.67 bits per heavy atom. The Kier molecular flexibility index (Phi) is 5.82. The Morgan fingerprint density at radius 1 is 1.28 bits per heavy atom. The van der Waals surface area contributed by atoms with Crippen molar-refractivity contribution in [2.75, 3.05) is 7.05 Å². The number of likely N-dealkylation sites (N-methyl/N-ethyl adjacent to an activating group) is 1. The quantitative estimate of drug-likeness (QED) is 0.903. The van der Waals surface area contributed by atoms with E-state index in [4.69, 9.17) is 4.52 Å². The lowest BCUT2D eigenvalue weighted by Gasteiger charge is -2.04. The molecule has 1 unspecified atom stereocenters. The van der Waals surface area contributed by atoms with Gasteiger partial charge in [0.25, 0.3) is 0 Å². The van der Waals surface area contributed by atoms with Crippen LogP contribution in [0.5, 0.6) is 0 Å². The first-order chi connectivity index (χ1) is 8.28. The van der Waals surface area contributed by atoms with E-state index in [-0.39, 0.29) is 12.4 Å². The van der Waals surface area contributed by atoms with Gasteiger partial charge < -0.3 is 9.84 Å². The fourth-order valence-corrected chi connectivity index (χ4v) is 1.59. The lowest BCUT2D eigenvalue weighted by atomic mass is 10.1. The first-order valence-electron chi connectivity index (χ1n) is 5.80. The van der Waals surface area contributed by atoms with Gasteiger partial charge in [-0.05, 0) is 19.5 Å². The number of benzene rings is 1. The number of halogens is 1. The molecule has 0 fully saturated rings. The van der Waals surface area contributed by atoms with Crippen molar-refractivity contribution in [3.63, 3.8) is 0 Å². The van der Waals surface area contributed by atoms with Gasteiger partial charge in [-0.2, -0.15) is 4.98 Å². The molecule has 2 rings (SSSR count). The van der Waals surface area contributed by atoms with Crippen molar-refractivity contribution in [2.45, 2.75) is 25.8 Å². The van der Waals surface area contributed by atoms with Crippen LogP contribution in [0.4, 0.5) is 0 Å². The van der Waals surface area contributed by atoms with Crippen molar-refractivity contribution in [1.82, 2.24) is 15.5 Å². The number of nitrogens with zero attached hydrogens (tertiary/aromatic N) is 2. The van der Waals surface area contributed by atoms with E-state index < -0.39 is 0 Å². The molecule has 0 spiro atoms. The third kappa shape index (κ3) is 4.13. The van der Waals surface area contributed by atoms with Gasteiger partial charge in [0, 0.05) is 12.5 Å². The van der Waals surface area contributed by atoms with Crippen LogP contribution >= 0.6 is 12.4 Å². The Bertz CT molecular complexity index is 458. The summed E-state index contributed by atoms with van der Waals surface area (Å²) in [5.41, 5.74) is 1.18. The van der Waals surface area contributed by atoms with Gasteiger partial charge in [-0.25, -0.2) is 0 Å². The first-order valence-corrected chi connectivity index (χ1v) is 5.80. The zero-order valence-electron chi connectivity index (χ0n) is 10.6. The van der Waals surface area contributed by atoms with Crippen LogP contribution in [0.2, 0.25) is 0 Å². The minimum atomic E-state index is 0. The van der Waals surface area contributed by atoms with Crippen LogP contribution in [0.15, 0.2) is 34.9 Å². The molecule has 0 radical (unpaired) electrons. The van der Waals surface area contributed by atoms with E-state index in [1.54, 1.807) is 0 Å². The standard InChI is InChI=1S/C13H17N3O.ClH/c1-10(14-2)8-12-15-13(17-16-12)9-11-6-4-3-5-7-11;/h3-7,10,14H,8-9H2,1-2H3;1H. The van der Waals surface area contributed by atoms with Gasteiger partial charge in [-0.3, -0.25) is 0 Å². The minimum Gasteiger partial charge on any atom is -0.339 e. The number of nitrogens with one attached hydrogen (secondary N) is 1. The lowest BCUT2D eigenvalue weighted by molar-refractivity contribution is 0.377. The minimum absolute atomic E-state index is 0. The summed E-state index contributed by atoms with van der Waals surface area (Å²) < 4.78 is 5.23. The van der Waals surface area contributed by atoms with E-state index >= 15 is 0 Å². The van der Waals surface area contributed by atoms with Gasteiger partial charge >= 0.3 is 0 Å². The van der Waals surface area contributed by atoms with Crippen LogP contribution in [-0.2, 0) is 12.8 Å². The number of aromatic nitrogens is 2. The maximum Gasteiger partial charge on any atom is 0.231 e. The highest BCUT2D eigenvalue weighted by atomic mass is 35.5. The average Bonchev–Trinajstić information content (AvgIpc) is 2.77. The van der Waals surface area contributed by atoms with E-state index in [0.29, 0.717) is 18.4 Å². The predicted octanol–water partition coefficient (Wildman–Crippen LogP) is 2.23. The van der Waals surface area contributed by atoms with Crippen molar-refractivity contribution >= 4 is 12.4 Å². The second-order valence-corrected chi connectivity index (χ2v) is 4.16. The second-order valence-electron chi connectivity index (χ2n) is 4.16. The molecule has 0 saturated carbocycles. The monoisotopic (exact) mass is 267 g/mol. The molecule has 1 atom stereocenters. The summed E-state index contributed by atoms with van der Waals surface area (Å²) in [6, 6.07) is 10.5. The fourth-order valence-electron chi connectivity index (χ4n) is 1.59. The smallest absolute Gasteiger partial charge is 0.231 e. The van der Waals surface area contributed by atoms with Crippen LogP contribution in [0.1, 0.15) is 24.2 Å². The van der Waals surface area contributed by atoms with Crippen molar-refractivity contribution in [2.24, 2.45) is 0 Å². The Hall–Kier alpha value is -1.39. The van der Waals surface area contributed by atoms with Crippen LogP contribution in [0.3, 0.4) is 0 Å². The van der Waals surface area contributed by atoms with Crippen molar-refractivity contribution < 1.29 is 4.52 Å². The third-order valence-electron chi connectivity index (χ3n) is 2.69. The highest BCUT2D eigenvalue weighted by Crippen LogP contribution is 2.08. The molecule has 0 aliphatic heterocycles. The van der Waals surface area contributed by atoms with Crippen LogP contribution in [-0.4, -0.2) is 23.2 Å². The molecule has 18 heavy (non-hydrogen) atoms. The molecule has 98 valence electrons. The zero-order chi connectivity index (χ0) is 12.1. The van der Waals surface area contributed by atoms with Crippen molar-refractivity contribution in [1.29, 1.82) is 0 Å². The van der Waals surface area contributed by atoms with Gasteiger partial charge in [-0.15, -0.1) is 12.4 Å². The summed E-state index contributed by atoms with van der Waals surface area (Å²) in [6.45, 7) is 2.09. The summed E-state index contributed by atoms with van der Waals surface area (Å²) in [7, 11) is 1.93. The van der Waals surface area contributed by atoms with E-state index in [1.165, 1.54) is 5.56 Å². The van der Waals surface area contributed by atoms with Crippen molar-refractivity contribution in [3.05, 3.63) is 47.6 Å². The lowest BCUT2D eigenvalue weighted by Crippen LogP contribution is -2.24. The summed E-state index contributed by atoms with van der Waals surface area (Å²) in [5.74, 6) is 1.44. The molecule has 0 saturated heterocycles. The Labute approximate surface area is 113 Å². The molecule has 1 aromatic carbocycles. The van der Waals surface area contributed by atoms with E-state index in [0.717, 1.165) is 12.2 Å². The summed E-state index contributed by atoms with van der Waals surface area (Å²) >= 11 is 0. The molecule has 0 aliphatic carbocycles. The summed E-state index contributed by atoms with van der Waals surface area (Å²) in [4.78, 5) is 4.38. The van der Waals surface area contributed by atoms with Crippen molar-refractivity contribution in [3.8, 4) is 0 Å². The first kappa shape index (κ1) is 14.7. The summed E-state index contributed by atoms with van der Waals surface area (Å²) in [6.07, 6.45) is 1.48. The molecule has 0 amide bonds. The molecule has 5 heteroatoms. The maximum absolute atomic E-state index is 5.23. The molecule has 2 aromatic rings. The Morgan fingerprint density at radius 2 is 2.00 bits per heavy atom. The number of rotatable bonds is 5. The molecule has 1 N–H and O–H groups in total. The third-order valence-corrected chi connectivity index (χ3v) is 2.69. The van der Waals surface area contributed by atoms with Gasteiger partial charge in [0.1, 0.15) is 0 Å². The van der Waals surface area contributed by atoms with E-state index in [2.05, 4.69) is 34.5 Å². The SMILES string of the molecule is CNC(C)Cc1noc(Cc2ccccc2)n1.Cl. The van der Waals surface area contributed by atoms with Crippen LogP contribution < -0.4 is 5.32 Å². The highest BCUT2D eigenvalue weighted by Gasteiger charge is 2.09. The molecular weight excluding hydrogens is 250 g/mol. The molecule has 1 aromatic heterocycles. The molecular formula is C13H18ClN3O. The Balaban J connectivity index is 0.00000162. The van der Waals surface area contributed by atoms with Gasteiger partial charge in [0.05, 0.1) is 6.42 Å². The average molecular weight is 268 g/mol.